The van der Waals surface area contributed by atoms with Gasteiger partial charge in [-0.3, -0.25) is 9.59 Å². The molecule has 0 spiro atoms. The minimum absolute atomic E-state index is 0.0326. The van der Waals surface area contributed by atoms with E-state index in [1.807, 2.05) is 0 Å². The SMILES string of the molecule is CC(=O)Nc1nc2ccc(NC(=O)Cn3cnnn3)cc2s1. The molecule has 10 heteroatoms. The quantitative estimate of drug-likeness (QED) is 0.738. The van der Waals surface area contributed by atoms with Gasteiger partial charge in [-0.2, -0.15) is 0 Å². The third-order valence-electron chi connectivity index (χ3n) is 2.65. The average molecular weight is 317 g/mol. The molecule has 3 rings (SSSR count). The van der Waals surface area contributed by atoms with E-state index in [1.165, 1.54) is 29.3 Å². The van der Waals surface area contributed by atoms with Gasteiger partial charge in [-0.1, -0.05) is 11.3 Å². The summed E-state index contributed by atoms with van der Waals surface area (Å²) in [6, 6.07) is 5.33. The van der Waals surface area contributed by atoms with Crippen molar-refractivity contribution in [2.24, 2.45) is 0 Å². The first-order valence-electron chi connectivity index (χ1n) is 6.29. The number of thiazole rings is 1. The van der Waals surface area contributed by atoms with Crippen LogP contribution < -0.4 is 10.6 Å². The molecule has 1 aromatic carbocycles. The van der Waals surface area contributed by atoms with E-state index in [-0.39, 0.29) is 18.4 Å². The standard InChI is InChI=1S/C12H11N7O2S/c1-7(20)14-12-16-9-3-2-8(4-10(9)22-12)15-11(21)5-19-6-13-17-18-19/h2-4,6H,5H2,1H3,(H,15,21)(H,14,16,20). The third kappa shape index (κ3) is 3.23. The molecule has 0 unspecified atom stereocenters. The Hall–Kier alpha value is -2.88. The van der Waals surface area contributed by atoms with Crippen LogP contribution in [0.4, 0.5) is 10.8 Å². The molecule has 2 heterocycles. The third-order valence-corrected chi connectivity index (χ3v) is 3.59. The molecule has 0 saturated heterocycles. The van der Waals surface area contributed by atoms with Gasteiger partial charge in [0.25, 0.3) is 0 Å². The molecule has 0 aliphatic heterocycles. The molecule has 0 atom stereocenters. The lowest BCUT2D eigenvalue weighted by Crippen LogP contribution is -2.19. The van der Waals surface area contributed by atoms with E-state index in [1.54, 1.807) is 18.2 Å². The van der Waals surface area contributed by atoms with Crippen molar-refractivity contribution in [1.29, 1.82) is 0 Å². The first-order valence-corrected chi connectivity index (χ1v) is 7.10. The lowest BCUT2D eigenvalue weighted by Gasteiger charge is -2.04. The largest absolute Gasteiger partial charge is 0.324 e. The number of carbonyl (C=O) groups is 2. The summed E-state index contributed by atoms with van der Waals surface area (Å²) in [6.45, 7) is 1.46. The highest BCUT2D eigenvalue weighted by atomic mass is 32.1. The summed E-state index contributed by atoms with van der Waals surface area (Å²) in [5.74, 6) is -0.410. The van der Waals surface area contributed by atoms with Gasteiger partial charge in [0.05, 0.1) is 10.2 Å². The van der Waals surface area contributed by atoms with E-state index < -0.39 is 0 Å². The summed E-state index contributed by atoms with van der Waals surface area (Å²) in [6.07, 6.45) is 1.37. The minimum atomic E-state index is -0.238. The monoisotopic (exact) mass is 317 g/mol. The summed E-state index contributed by atoms with van der Waals surface area (Å²) in [5, 5.41) is 16.5. The van der Waals surface area contributed by atoms with Crippen LogP contribution in [0.15, 0.2) is 24.5 Å². The molecule has 3 aromatic rings. The van der Waals surface area contributed by atoms with Crippen LogP contribution in [0.3, 0.4) is 0 Å². The van der Waals surface area contributed by atoms with Gasteiger partial charge in [0.15, 0.2) is 5.13 Å². The van der Waals surface area contributed by atoms with Gasteiger partial charge in [0.1, 0.15) is 12.9 Å². The summed E-state index contributed by atoms with van der Waals surface area (Å²) in [5.41, 5.74) is 1.40. The fourth-order valence-electron chi connectivity index (χ4n) is 1.81. The summed E-state index contributed by atoms with van der Waals surface area (Å²) >= 11 is 1.34. The highest BCUT2D eigenvalue weighted by molar-refractivity contribution is 7.22. The number of amides is 2. The van der Waals surface area contributed by atoms with Crippen molar-refractivity contribution in [3.05, 3.63) is 24.5 Å². The summed E-state index contributed by atoms with van der Waals surface area (Å²) in [4.78, 5) is 27.2. The molecule has 0 aliphatic carbocycles. The highest BCUT2D eigenvalue weighted by Gasteiger charge is 2.08. The van der Waals surface area contributed by atoms with Gasteiger partial charge >= 0.3 is 0 Å². The Kier molecular flexibility index (Phi) is 3.74. The number of nitrogens with zero attached hydrogens (tertiary/aromatic N) is 5. The molecule has 0 aliphatic rings. The Bertz CT molecular complexity index is 827. The molecule has 0 fully saturated rings. The van der Waals surface area contributed by atoms with Crippen LogP contribution in [0.1, 0.15) is 6.92 Å². The number of carbonyl (C=O) groups excluding carboxylic acids is 2. The lowest BCUT2D eigenvalue weighted by atomic mass is 10.3. The van der Waals surface area contributed by atoms with Gasteiger partial charge < -0.3 is 10.6 Å². The first kappa shape index (κ1) is 14.1. The zero-order chi connectivity index (χ0) is 15.5. The molecule has 2 amide bonds. The fourth-order valence-corrected chi connectivity index (χ4v) is 2.76. The Labute approximate surface area is 128 Å². The second-order valence-electron chi connectivity index (χ2n) is 4.44. The van der Waals surface area contributed by atoms with Crippen LogP contribution in [0.25, 0.3) is 10.2 Å². The van der Waals surface area contributed by atoms with E-state index in [0.29, 0.717) is 10.8 Å². The molecule has 2 N–H and O–H groups in total. The number of hydrogen-bond acceptors (Lipinski definition) is 7. The van der Waals surface area contributed by atoms with E-state index in [4.69, 9.17) is 0 Å². The molecule has 112 valence electrons. The average Bonchev–Trinajstić information content (AvgIpc) is 3.06. The Morgan fingerprint density at radius 2 is 2.18 bits per heavy atom. The first-order chi connectivity index (χ1) is 10.6. The van der Waals surface area contributed by atoms with E-state index in [0.717, 1.165) is 10.2 Å². The number of tetrazole rings is 1. The van der Waals surface area contributed by atoms with Crippen LogP contribution in [-0.2, 0) is 16.1 Å². The number of benzene rings is 1. The normalized spacial score (nSPS) is 10.6. The van der Waals surface area contributed by atoms with Crippen LogP contribution >= 0.6 is 11.3 Å². The molecule has 0 saturated carbocycles. The van der Waals surface area contributed by atoms with Gasteiger partial charge in [0, 0.05) is 12.6 Å². The number of anilines is 2. The predicted octanol–water partition coefficient (Wildman–Crippen LogP) is 0.880. The summed E-state index contributed by atoms with van der Waals surface area (Å²) < 4.78 is 2.19. The maximum atomic E-state index is 11.9. The molecule has 0 bridgehead atoms. The molecule has 0 radical (unpaired) electrons. The smallest absolute Gasteiger partial charge is 0.246 e. The van der Waals surface area contributed by atoms with E-state index in [2.05, 4.69) is 31.1 Å². The number of fused-ring (bicyclic) bond motifs is 1. The van der Waals surface area contributed by atoms with Crippen molar-refractivity contribution >= 4 is 44.2 Å². The Balaban J connectivity index is 1.73. The van der Waals surface area contributed by atoms with Crippen molar-refractivity contribution in [3.63, 3.8) is 0 Å². The molecular weight excluding hydrogens is 306 g/mol. The van der Waals surface area contributed by atoms with Gasteiger partial charge in [-0.15, -0.1) is 5.10 Å². The van der Waals surface area contributed by atoms with Crippen LogP contribution in [0, 0.1) is 0 Å². The molecule has 9 nitrogen and oxygen atoms in total. The van der Waals surface area contributed by atoms with Crippen LogP contribution in [-0.4, -0.2) is 37.0 Å². The van der Waals surface area contributed by atoms with Gasteiger partial charge in [-0.25, -0.2) is 9.67 Å². The maximum absolute atomic E-state index is 11.9. The Morgan fingerprint density at radius 1 is 1.32 bits per heavy atom. The molecule has 22 heavy (non-hydrogen) atoms. The van der Waals surface area contributed by atoms with Crippen LogP contribution in [0.5, 0.6) is 0 Å². The van der Waals surface area contributed by atoms with E-state index in [9.17, 15) is 9.59 Å². The number of nitrogens with one attached hydrogen (secondary N) is 2. The number of rotatable bonds is 4. The zero-order valence-electron chi connectivity index (χ0n) is 11.5. The van der Waals surface area contributed by atoms with Crippen molar-refractivity contribution in [3.8, 4) is 0 Å². The topological polar surface area (TPSA) is 115 Å². The fraction of sp³-hybridized carbons (Fsp3) is 0.167. The van der Waals surface area contributed by atoms with Crippen molar-refractivity contribution in [2.75, 3.05) is 10.6 Å². The van der Waals surface area contributed by atoms with Crippen molar-refractivity contribution < 1.29 is 9.59 Å². The maximum Gasteiger partial charge on any atom is 0.246 e. The van der Waals surface area contributed by atoms with Crippen molar-refractivity contribution in [2.45, 2.75) is 13.5 Å². The zero-order valence-corrected chi connectivity index (χ0v) is 12.3. The van der Waals surface area contributed by atoms with Gasteiger partial charge in [-0.05, 0) is 28.6 Å². The predicted molar refractivity (Wildman–Crippen MR) is 80.4 cm³/mol. The minimum Gasteiger partial charge on any atom is -0.324 e. The molecule has 2 aromatic heterocycles. The Morgan fingerprint density at radius 3 is 2.91 bits per heavy atom. The molecular formula is C12H11N7O2S. The number of hydrogen-bond donors (Lipinski definition) is 2. The highest BCUT2D eigenvalue weighted by Crippen LogP contribution is 2.28. The lowest BCUT2D eigenvalue weighted by molar-refractivity contribution is -0.117. The second kappa shape index (κ2) is 5.85. The van der Waals surface area contributed by atoms with Gasteiger partial charge in [0.2, 0.25) is 11.8 Å². The van der Waals surface area contributed by atoms with E-state index >= 15 is 0 Å². The second-order valence-corrected chi connectivity index (χ2v) is 5.47. The van der Waals surface area contributed by atoms with Crippen molar-refractivity contribution in [1.82, 2.24) is 25.2 Å². The number of aromatic nitrogens is 5. The van der Waals surface area contributed by atoms with Crippen LogP contribution in [0.2, 0.25) is 0 Å². The summed E-state index contributed by atoms with van der Waals surface area (Å²) in [7, 11) is 0.